The van der Waals surface area contributed by atoms with Crippen molar-refractivity contribution in [3.8, 4) is 34.1 Å². The van der Waals surface area contributed by atoms with Gasteiger partial charge in [0.05, 0.1) is 6.20 Å². The molecule has 0 aliphatic rings. The molecule has 8 heteroatoms. The molecule has 238 valence electrons. The summed E-state index contributed by atoms with van der Waals surface area (Å²) < 4.78 is 10.5. The molecule has 0 fully saturated rings. The average molecular weight is 834 g/mol. The second-order valence-corrected chi connectivity index (χ2v) is 13.3. The maximum Gasteiger partial charge on any atom is 2.00 e. The van der Waals surface area contributed by atoms with Crippen molar-refractivity contribution in [3.05, 3.63) is 119 Å². The van der Waals surface area contributed by atoms with Crippen molar-refractivity contribution in [2.45, 2.75) is 44.4 Å². The van der Waals surface area contributed by atoms with Crippen LogP contribution >= 0.6 is 23.5 Å². The molecule has 0 amide bonds. The minimum Gasteiger partial charge on any atom is -0.509 e. The van der Waals surface area contributed by atoms with Gasteiger partial charge in [0.15, 0.2) is 0 Å². The van der Waals surface area contributed by atoms with E-state index in [9.17, 15) is 0 Å². The molecular formula is C39H34N4OPtS2. The molecule has 0 atom stereocenters. The van der Waals surface area contributed by atoms with Crippen LogP contribution in [0.1, 0.15) is 27.8 Å². The molecule has 0 aliphatic heterocycles. The number of para-hydroxylation sites is 1. The van der Waals surface area contributed by atoms with Gasteiger partial charge in [-0.1, -0.05) is 30.6 Å². The van der Waals surface area contributed by atoms with Crippen LogP contribution in [0.2, 0.25) is 0 Å². The van der Waals surface area contributed by atoms with Crippen LogP contribution in [0.3, 0.4) is 0 Å². The molecule has 0 unspecified atom stereocenters. The number of nitrogens with zero attached hydrogens (tertiary/aromatic N) is 4. The predicted octanol–water partition coefficient (Wildman–Crippen LogP) is 10.4. The summed E-state index contributed by atoms with van der Waals surface area (Å²) in [5.41, 5.74) is 11.4. The number of rotatable bonds is 7. The summed E-state index contributed by atoms with van der Waals surface area (Å²) in [5.74, 6) is 2.07. The third-order valence-electron chi connectivity index (χ3n) is 8.67. The number of pyridine rings is 1. The van der Waals surface area contributed by atoms with E-state index < -0.39 is 0 Å². The standard InChI is InChI=1S/C39H34N4OS2.Pt/c1-23-14-15-40-36(18-23)43-34-11-9-8-10-32(34)33-13-12-30(20-35(33)43)44-31-17-24(2)16-29(19-31)42-22-28(21-41-42)37-38(45-6)26(4)25(3)27(5)39(37)46-7;/h8-18,21-22H,1-7H3;/q-2;+2. The molecule has 0 bridgehead atoms. The maximum absolute atomic E-state index is 6.46. The third-order valence-corrected chi connectivity index (χ3v) is 10.5. The van der Waals surface area contributed by atoms with E-state index in [0.29, 0.717) is 11.5 Å². The Kier molecular flexibility index (Phi) is 9.44. The SMILES string of the molecule is CSc1c(C)c(C)c(C)c(SC)c1-c1cnn(-c2[c-]c(Oc3[c-]c4c(cc3)c3ccccc3n4-c3cc(C)ccn3)cc(C)c2)c1.[Pt+2]. The summed E-state index contributed by atoms with van der Waals surface area (Å²) in [5, 5.41) is 7.04. The molecule has 7 rings (SSSR count). The van der Waals surface area contributed by atoms with Crippen molar-refractivity contribution < 1.29 is 25.8 Å². The fraction of sp³-hybridized carbons (Fsp3) is 0.179. The van der Waals surface area contributed by atoms with E-state index in [0.717, 1.165) is 50.0 Å². The number of hydrogen-bond acceptors (Lipinski definition) is 5. The van der Waals surface area contributed by atoms with Crippen LogP contribution in [0, 0.1) is 46.8 Å². The van der Waals surface area contributed by atoms with Crippen LogP contribution in [0.5, 0.6) is 11.5 Å². The van der Waals surface area contributed by atoms with Crippen molar-refractivity contribution in [1.29, 1.82) is 0 Å². The zero-order valence-corrected chi connectivity index (χ0v) is 31.2. The summed E-state index contributed by atoms with van der Waals surface area (Å²) >= 11 is 3.59. The van der Waals surface area contributed by atoms with Gasteiger partial charge < -0.3 is 9.30 Å². The molecule has 0 aliphatic carbocycles. The molecule has 3 heterocycles. The molecule has 0 saturated carbocycles. The van der Waals surface area contributed by atoms with Crippen molar-refractivity contribution in [2.24, 2.45) is 0 Å². The molecule has 0 radical (unpaired) electrons. The maximum atomic E-state index is 6.46. The largest absolute Gasteiger partial charge is 2.00 e. The number of ether oxygens (including phenoxy) is 1. The Balaban J connectivity index is 0.00000386. The Morgan fingerprint density at radius 2 is 1.49 bits per heavy atom. The van der Waals surface area contributed by atoms with Gasteiger partial charge in [-0.25, -0.2) is 4.98 Å². The van der Waals surface area contributed by atoms with Gasteiger partial charge in [-0.05, 0) is 91.7 Å². The Hall–Kier alpha value is -3.77. The fourth-order valence-electron chi connectivity index (χ4n) is 6.23. The first-order valence-corrected chi connectivity index (χ1v) is 17.6. The molecule has 3 aromatic heterocycles. The van der Waals surface area contributed by atoms with Crippen molar-refractivity contribution in [1.82, 2.24) is 19.3 Å². The number of aromatic nitrogens is 4. The van der Waals surface area contributed by atoms with Gasteiger partial charge in [0.25, 0.3) is 0 Å². The average Bonchev–Trinajstić information content (AvgIpc) is 3.66. The summed E-state index contributed by atoms with van der Waals surface area (Å²) in [7, 11) is 0. The van der Waals surface area contributed by atoms with E-state index in [1.165, 1.54) is 32.0 Å². The van der Waals surface area contributed by atoms with Crippen LogP contribution in [0.4, 0.5) is 0 Å². The molecule has 0 saturated heterocycles. The molecule has 7 aromatic rings. The normalized spacial score (nSPS) is 11.3. The monoisotopic (exact) mass is 833 g/mol. The molecule has 0 N–H and O–H groups in total. The Bertz CT molecular complexity index is 2260. The van der Waals surface area contributed by atoms with Crippen molar-refractivity contribution in [3.63, 3.8) is 0 Å². The smallest absolute Gasteiger partial charge is 0.509 e. The number of benzene rings is 4. The van der Waals surface area contributed by atoms with E-state index in [1.54, 1.807) is 23.5 Å². The predicted molar refractivity (Wildman–Crippen MR) is 193 cm³/mol. The zero-order chi connectivity index (χ0) is 32.1. The fourth-order valence-corrected chi connectivity index (χ4v) is 8.06. The van der Waals surface area contributed by atoms with Gasteiger partial charge >= 0.3 is 21.1 Å². The first-order valence-electron chi connectivity index (χ1n) is 15.1. The second kappa shape index (κ2) is 13.4. The van der Waals surface area contributed by atoms with E-state index >= 15 is 0 Å². The Labute approximate surface area is 299 Å². The van der Waals surface area contributed by atoms with Crippen molar-refractivity contribution in [2.75, 3.05) is 12.5 Å². The third kappa shape index (κ3) is 5.94. The number of thioether (sulfide) groups is 2. The van der Waals surface area contributed by atoms with Crippen molar-refractivity contribution >= 4 is 45.3 Å². The van der Waals surface area contributed by atoms with Gasteiger partial charge in [-0.15, -0.1) is 59.2 Å². The molecule has 4 aromatic carbocycles. The van der Waals surface area contributed by atoms with Crippen LogP contribution in [-0.2, 0) is 21.1 Å². The molecular weight excluding hydrogens is 800 g/mol. The van der Waals surface area contributed by atoms with Gasteiger partial charge in [0, 0.05) is 50.3 Å². The Morgan fingerprint density at radius 1 is 0.745 bits per heavy atom. The molecule has 5 nitrogen and oxygen atoms in total. The summed E-state index contributed by atoms with van der Waals surface area (Å²) in [4.78, 5) is 7.29. The Morgan fingerprint density at radius 3 is 2.21 bits per heavy atom. The summed E-state index contributed by atoms with van der Waals surface area (Å²) in [6, 6.07) is 27.6. The second-order valence-electron chi connectivity index (χ2n) is 11.6. The van der Waals surface area contributed by atoms with Crippen LogP contribution in [0.15, 0.2) is 89.0 Å². The van der Waals surface area contributed by atoms with Crippen LogP contribution in [0.25, 0.3) is 44.4 Å². The van der Waals surface area contributed by atoms with E-state index in [2.05, 4.69) is 112 Å². The van der Waals surface area contributed by atoms with E-state index in [4.69, 9.17) is 14.8 Å². The minimum atomic E-state index is 0. The summed E-state index contributed by atoms with van der Waals surface area (Å²) in [6.45, 7) is 10.8. The van der Waals surface area contributed by atoms with Crippen LogP contribution < -0.4 is 4.74 Å². The topological polar surface area (TPSA) is 44.9 Å². The first-order chi connectivity index (χ1) is 22.3. The van der Waals surface area contributed by atoms with Gasteiger partial charge in [-0.3, -0.25) is 4.68 Å². The molecule has 0 spiro atoms. The van der Waals surface area contributed by atoms with E-state index in [-0.39, 0.29) is 21.1 Å². The number of aryl methyl sites for hydroxylation is 2. The zero-order valence-electron chi connectivity index (χ0n) is 27.3. The number of hydrogen-bond donors (Lipinski definition) is 0. The van der Waals surface area contributed by atoms with Gasteiger partial charge in [0.1, 0.15) is 5.82 Å². The quantitative estimate of drug-likeness (QED) is 0.118. The summed E-state index contributed by atoms with van der Waals surface area (Å²) in [6.07, 6.45) is 10.2. The van der Waals surface area contributed by atoms with Gasteiger partial charge in [-0.2, -0.15) is 16.7 Å². The first kappa shape index (κ1) is 33.1. The number of fused-ring (bicyclic) bond motifs is 3. The van der Waals surface area contributed by atoms with Crippen LogP contribution in [-0.4, -0.2) is 31.8 Å². The van der Waals surface area contributed by atoms with Gasteiger partial charge in [0.2, 0.25) is 0 Å². The minimum absolute atomic E-state index is 0. The molecule has 47 heavy (non-hydrogen) atoms. The van der Waals surface area contributed by atoms with E-state index in [1.807, 2.05) is 35.3 Å².